The van der Waals surface area contributed by atoms with Crippen molar-refractivity contribution in [2.75, 3.05) is 37.6 Å². The highest BCUT2D eigenvalue weighted by Crippen LogP contribution is 2.42. The lowest BCUT2D eigenvalue weighted by atomic mass is 10.1. The molecule has 1 aromatic heterocycles. The number of ether oxygens (including phenoxy) is 3. The molecule has 0 spiro atoms. The zero-order valence-electron chi connectivity index (χ0n) is 13.5. The van der Waals surface area contributed by atoms with Crippen LogP contribution in [0.5, 0.6) is 17.2 Å². The van der Waals surface area contributed by atoms with Crippen molar-refractivity contribution in [3.05, 3.63) is 18.2 Å². The Labute approximate surface area is 135 Å². The van der Waals surface area contributed by atoms with Crippen LogP contribution in [0, 0.1) is 0 Å². The quantitative estimate of drug-likeness (QED) is 0.906. The summed E-state index contributed by atoms with van der Waals surface area (Å²) in [6, 6.07) is 5.56. The summed E-state index contributed by atoms with van der Waals surface area (Å²) in [4.78, 5) is 10.8. The third kappa shape index (κ3) is 2.81. The van der Waals surface area contributed by atoms with Crippen LogP contribution in [0.4, 0.5) is 11.8 Å². The van der Waals surface area contributed by atoms with Crippen molar-refractivity contribution in [3.63, 3.8) is 0 Å². The molecule has 1 aliphatic rings. The van der Waals surface area contributed by atoms with Gasteiger partial charge in [-0.05, 0) is 19.9 Å². The molecule has 122 valence electrons. The van der Waals surface area contributed by atoms with E-state index < -0.39 is 0 Å². The van der Waals surface area contributed by atoms with Crippen LogP contribution in [-0.2, 0) is 0 Å². The van der Waals surface area contributed by atoms with Gasteiger partial charge in [0.25, 0.3) is 0 Å². The van der Waals surface area contributed by atoms with Crippen molar-refractivity contribution in [2.45, 2.75) is 13.8 Å². The molecule has 7 nitrogen and oxygen atoms in total. The van der Waals surface area contributed by atoms with Gasteiger partial charge in [-0.15, -0.1) is 0 Å². The van der Waals surface area contributed by atoms with Crippen LogP contribution in [-0.4, -0.2) is 37.0 Å². The van der Waals surface area contributed by atoms with Crippen molar-refractivity contribution >= 4 is 11.8 Å². The molecule has 0 amide bonds. The van der Waals surface area contributed by atoms with Crippen LogP contribution < -0.4 is 24.8 Å². The number of hydrogen-bond donors (Lipinski definition) is 1. The average Bonchev–Trinajstić information content (AvgIpc) is 3.01. The molecule has 3 rings (SSSR count). The fraction of sp³-hybridized carbons (Fsp3) is 0.375. The topological polar surface area (TPSA) is 82.7 Å². The molecule has 7 heteroatoms. The largest absolute Gasteiger partial charge is 0.496 e. The van der Waals surface area contributed by atoms with Gasteiger partial charge >= 0.3 is 0 Å². The molecule has 0 unspecified atom stereocenters. The van der Waals surface area contributed by atoms with Crippen LogP contribution in [0.2, 0.25) is 0 Å². The molecule has 0 saturated carbocycles. The number of nitrogens with zero attached hydrogens (tertiary/aromatic N) is 3. The number of nitrogen functional groups attached to an aromatic ring is 1. The first-order valence-corrected chi connectivity index (χ1v) is 7.53. The lowest BCUT2D eigenvalue weighted by molar-refractivity contribution is 0.174. The highest BCUT2D eigenvalue weighted by atomic mass is 16.7. The van der Waals surface area contributed by atoms with Gasteiger partial charge in [0.2, 0.25) is 12.7 Å². The smallest absolute Gasteiger partial charge is 0.231 e. The zero-order chi connectivity index (χ0) is 16.4. The second-order valence-electron chi connectivity index (χ2n) is 5.05. The third-order valence-corrected chi connectivity index (χ3v) is 3.79. The zero-order valence-corrected chi connectivity index (χ0v) is 13.5. The number of nitrogens with two attached hydrogens (primary N) is 1. The van der Waals surface area contributed by atoms with Crippen molar-refractivity contribution < 1.29 is 14.2 Å². The number of hydrogen-bond acceptors (Lipinski definition) is 7. The molecule has 0 radical (unpaired) electrons. The number of rotatable bonds is 5. The monoisotopic (exact) mass is 316 g/mol. The molecule has 0 saturated heterocycles. The van der Waals surface area contributed by atoms with E-state index in [-0.39, 0.29) is 12.7 Å². The van der Waals surface area contributed by atoms with Gasteiger partial charge in [0, 0.05) is 30.8 Å². The SMILES string of the molecule is CCN(CC)c1cc(-c2cc3c(cc2OC)OCO3)nc(N)n1. The molecule has 23 heavy (non-hydrogen) atoms. The Hall–Kier alpha value is -2.70. The highest BCUT2D eigenvalue weighted by Gasteiger charge is 2.20. The minimum atomic E-state index is 0.207. The summed E-state index contributed by atoms with van der Waals surface area (Å²) in [6.45, 7) is 6.03. The minimum Gasteiger partial charge on any atom is -0.496 e. The highest BCUT2D eigenvalue weighted by molar-refractivity contribution is 5.74. The maximum Gasteiger partial charge on any atom is 0.231 e. The van der Waals surface area contributed by atoms with Crippen molar-refractivity contribution in [1.29, 1.82) is 0 Å². The third-order valence-electron chi connectivity index (χ3n) is 3.79. The first-order valence-electron chi connectivity index (χ1n) is 7.53. The Morgan fingerprint density at radius 3 is 2.48 bits per heavy atom. The first kappa shape index (κ1) is 15.2. The Bertz CT molecular complexity index is 717. The second-order valence-corrected chi connectivity index (χ2v) is 5.05. The molecular formula is C16H20N4O3. The molecule has 1 aliphatic heterocycles. The summed E-state index contributed by atoms with van der Waals surface area (Å²) in [5.74, 6) is 3.00. The molecule has 0 aliphatic carbocycles. The van der Waals surface area contributed by atoms with E-state index in [2.05, 4.69) is 28.7 Å². The van der Waals surface area contributed by atoms with Crippen LogP contribution in [0.15, 0.2) is 18.2 Å². The number of aromatic nitrogens is 2. The second kappa shape index (κ2) is 6.20. The molecule has 2 heterocycles. The molecule has 0 fully saturated rings. The molecule has 2 N–H and O–H groups in total. The average molecular weight is 316 g/mol. The fourth-order valence-electron chi connectivity index (χ4n) is 2.59. The van der Waals surface area contributed by atoms with E-state index >= 15 is 0 Å². The van der Waals surface area contributed by atoms with Crippen molar-refractivity contribution in [2.24, 2.45) is 0 Å². The fourth-order valence-corrected chi connectivity index (χ4v) is 2.59. The Morgan fingerprint density at radius 2 is 1.83 bits per heavy atom. The van der Waals surface area contributed by atoms with Crippen molar-refractivity contribution in [3.8, 4) is 28.5 Å². The summed E-state index contributed by atoms with van der Waals surface area (Å²) >= 11 is 0. The van der Waals surface area contributed by atoms with Gasteiger partial charge in [0.1, 0.15) is 11.6 Å². The molecule has 0 bridgehead atoms. The number of anilines is 2. The number of fused-ring (bicyclic) bond motifs is 1. The van der Waals surface area contributed by atoms with E-state index in [1.165, 1.54) is 0 Å². The van der Waals surface area contributed by atoms with E-state index in [0.717, 1.165) is 24.5 Å². The maximum absolute atomic E-state index is 5.90. The van der Waals surface area contributed by atoms with Gasteiger partial charge in [-0.3, -0.25) is 0 Å². The predicted molar refractivity (Wildman–Crippen MR) is 88.1 cm³/mol. The number of methoxy groups -OCH3 is 1. The summed E-state index contributed by atoms with van der Waals surface area (Å²) < 4.78 is 16.3. The van der Waals surface area contributed by atoms with E-state index in [9.17, 15) is 0 Å². The molecule has 1 aromatic carbocycles. The van der Waals surface area contributed by atoms with E-state index in [1.54, 1.807) is 13.2 Å². The minimum absolute atomic E-state index is 0.207. The predicted octanol–water partition coefficient (Wildman–Crippen LogP) is 2.31. The van der Waals surface area contributed by atoms with Crippen LogP contribution >= 0.6 is 0 Å². The maximum atomic E-state index is 5.90. The van der Waals surface area contributed by atoms with Crippen LogP contribution in [0.3, 0.4) is 0 Å². The Balaban J connectivity index is 2.11. The van der Waals surface area contributed by atoms with E-state index in [0.29, 0.717) is 22.9 Å². The standard InChI is InChI=1S/C16H20N4O3/c1-4-20(5-2)15-7-11(18-16(17)19-15)10-6-13-14(23-9-22-13)8-12(10)21-3/h6-8H,4-5,9H2,1-3H3,(H2,17,18,19). The van der Waals surface area contributed by atoms with Gasteiger partial charge in [-0.25, -0.2) is 4.98 Å². The lowest BCUT2D eigenvalue weighted by Gasteiger charge is -2.20. The van der Waals surface area contributed by atoms with Gasteiger partial charge in [-0.2, -0.15) is 4.98 Å². The van der Waals surface area contributed by atoms with Crippen LogP contribution in [0.25, 0.3) is 11.3 Å². The van der Waals surface area contributed by atoms with Gasteiger partial charge in [0.05, 0.1) is 12.8 Å². The van der Waals surface area contributed by atoms with Gasteiger partial charge < -0.3 is 24.8 Å². The Kier molecular flexibility index (Phi) is 4.10. The summed E-state index contributed by atoms with van der Waals surface area (Å²) in [5, 5.41) is 0. The Morgan fingerprint density at radius 1 is 1.13 bits per heavy atom. The number of benzene rings is 1. The molecule has 2 aromatic rings. The van der Waals surface area contributed by atoms with Crippen molar-refractivity contribution in [1.82, 2.24) is 9.97 Å². The normalized spacial score (nSPS) is 12.3. The van der Waals surface area contributed by atoms with E-state index in [4.69, 9.17) is 19.9 Å². The summed E-state index contributed by atoms with van der Waals surface area (Å²) in [5.41, 5.74) is 7.38. The summed E-state index contributed by atoms with van der Waals surface area (Å²) in [7, 11) is 1.61. The van der Waals surface area contributed by atoms with Gasteiger partial charge in [0.15, 0.2) is 11.5 Å². The van der Waals surface area contributed by atoms with E-state index in [1.807, 2.05) is 12.1 Å². The van der Waals surface area contributed by atoms with Crippen LogP contribution in [0.1, 0.15) is 13.8 Å². The molecule has 0 atom stereocenters. The summed E-state index contributed by atoms with van der Waals surface area (Å²) in [6.07, 6.45) is 0. The van der Waals surface area contributed by atoms with Gasteiger partial charge in [-0.1, -0.05) is 0 Å². The lowest BCUT2D eigenvalue weighted by Crippen LogP contribution is -2.23. The first-order chi connectivity index (χ1) is 11.2. The molecular weight excluding hydrogens is 296 g/mol.